The van der Waals surface area contributed by atoms with Gasteiger partial charge in [0.05, 0.1) is 0 Å². The van der Waals surface area contributed by atoms with Gasteiger partial charge in [0.2, 0.25) is 11.6 Å². The van der Waals surface area contributed by atoms with Crippen LogP contribution in [0.25, 0.3) is 0 Å². The van der Waals surface area contributed by atoms with E-state index in [-0.39, 0.29) is 11.1 Å². The van der Waals surface area contributed by atoms with E-state index >= 15 is 0 Å². The minimum absolute atomic E-state index is 0.344. The van der Waals surface area contributed by atoms with Crippen LogP contribution in [0.2, 0.25) is 0 Å². The Hall–Kier alpha value is -4.04. The van der Waals surface area contributed by atoms with Gasteiger partial charge in [0.1, 0.15) is 0 Å². The van der Waals surface area contributed by atoms with Crippen molar-refractivity contribution < 1.29 is 69.1 Å². The first kappa shape index (κ1) is 33.8. The molecule has 2 unspecified atom stereocenters. The molecule has 240 valence electrons. The predicted molar refractivity (Wildman–Crippen MR) is 131 cm³/mol. The number of hydrogen-bond acceptors (Lipinski definition) is 7. The molecule has 0 spiro atoms. The van der Waals surface area contributed by atoms with E-state index in [1.165, 1.54) is 36.4 Å². The summed E-state index contributed by atoms with van der Waals surface area (Å²) in [7, 11) is -12.0. The van der Waals surface area contributed by atoms with Crippen LogP contribution in [0.5, 0.6) is 0 Å². The monoisotopic (exact) mass is 689 g/mol. The molecule has 19 heteroatoms. The van der Waals surface area contributed by atoms with Crippen LogP contribution in [0.3, 0.4) is 0 Å². The average Bonchev–Trinajstić information content (AvgIpc) is 3.00. The second-order valence-electron chi connectivity index (χ2n) is 8.65. The minimum Gasteiger partial charge on any atom is -0.257 e. The first-order valence-corrected chi connectivity index (χ1v) is 14.6. The zero-order valence-corrected chi connectivity index (χ0v) is 23.1. The van der Waals surface area contributed by atoms with E-state index in [2.05, 4.69) is 5.32 Å². The Labute approximate surface area is 246 Å². The van der Waals surface area contributed by atoms with Crippen LogP contribution in [-0.4, -0.2) is 16.8 Å². The highest BCUT2D eigenvalue weighted by Crippen LogP contribution is 2.34. The molecular weight excluding hydrogens is 676 g/mol. The Balaban J connectivity index is 1.84. The summed E-state index contributed by atoms with van der Waals surface area (Å²) in [5.74, 6) is -27.3. The second-order valence-corrected chi connectivity index (χ2v) is 11.7. The summed E-state index contributed by atoms with van der Waals surface area (Å²) in [5.41, 5.74) is -0.689. The molecule has 0 bridgehead atoms. The normalized spacial score (nSPS) is 13.6. The van der Waals surface area contributed by atoms with E-state index in [0.29, 0.717) is 0 Å². The van der Waals surface area contributed by atoms with Gasteiger partial charge in [-0.3, -0.25) is 5.32 Å². The van der Waals surface area contributed by atoms with Crippen LogP contribution in [-0.2, 0) is 28.6 Å². The van der Waals surface area contributed by atoms with Crippen molar-refractivity contribution in [1.82, 2.24) is 5.32 Å². The van der Waals surface area contributed by atoms with Crippen molar-refractivity contribution >= 4 is 20.2 Å². The Bertz CT molecular complexity index is 1780. The molecule has 0 aliphatic heterocycles. The third-order valence-electron chi connectivity index (χ3n) is 5.79. The van der Waals surface area contributed by atoms with Crippen LogP contribution in [0.4, 0.5) is 43.9 Å². The number of rotatable bonds is 10. The van der Waals surface area contributed by atoms with Gasteiger partial charge in [-0.1, -0.05) is 60.7 Å². The molecule has 7 nitrogen and oxygen atoms in total. The smallest absolute Gasteiger partial charge is 0.257 e. The molecule has 2 atom stereocenters. The van der Waals surface area contributed by atoms with Gasteiger partial charge in [-0.2, -0.15) is 16.8 Å². The molecule has 0 heterocycles. The molecule has 0 aliphatic rings. The first-order valence-electron chi connectivity index (χ1n) is 11.7. The molecule has 0 saturated carbocycles. The van der Waals surface area contributed by atoms with Gasteiger partial charge in [-0.25, -0.2) is 52.3 Å². The Morgan fingerprint density at radius 3 is 0.933 bits per heavy atom. The Morgan fingerprint density at radius 2 is 0.667 bits per heavy atom. The van der Waals surface area contributed by atoms with Crippen molar-refractivity contribution in [1.29, 1.82) is 0 Å². The highest BCUT2D eigenvalue weighted by atomic mass is 32.2. The quantitative estimate of drug-likeness (QED) is 0.0699. The Morgan fingerprint density at radius 1 is 0.422 bits per heavy atom. The average molecular weight is 690 g/mol. The SMILES string of the molecule is O=S(=O)(OC(NC(OS(=O)(=O)c1c(F)c(F)c(F)c(F)c1F)c1ccccc1)c1ccccc1)c1c(F)c(F)c(F)c(F)c1F. The number of hydrogen-bond donors (Lipinski definition) is 1. The lowest BCUT2D eigenvalue weighted by Gasteiger charge is -2.26. The molecule has 0 aromatic heterocycles. The van der Waals surface area contributed by atoms with Crippen molar-refractivity contribution in [2.45, 2.75) is 22.2 Å². The molecule has 0 fully saturated rings. The molecule has 0 amide bonds. The summed E-state index contributed by atoms with van der Waals surface area (Å²) in [4.78, 5) is -4.87. The molecule has 0 saturated heterocycles. The van der Waals surface area contributed by atoms with Gasteiger partial charge >= 0.3 is 20.2 Å². The lowest BCUT2D eigenvalue weighted by atomic mass is 10.1. The standard InChI is InChI=1S/C26H13F10NO6S2/c27-13-15(29)19(33)23(20(34)16(13)30)44(38,39)42-25(11-7-3-1-4-8-11)37-26(12-9-5-2-6-10-12)43-45(40,41)24-21(35)17(31)14(28)18(32)22(24)36/h1-10,25-26,37H. The molecule has 4 aromatic carbocycles. The topological polar surface area (TPSA) is 98.8 Å². The van der Waals surface area contributed by atoms with Gasteiger partial charge in [-0.05, 0) is 11.1 Å². The fourth-order valence-corrected chi connectivity index (χ4v) is 5.98. The van der Waals surface area contributed by atoms with Crippen molar-refractivity contribution in [3.05, 3.63) is 130 Å². The molecule has 0 aliphatic carbocycles. The lowest BCUT2D eigenvalue weighted by molar-refractivity contribution is 0.0780. The minimum atomic E-state index is -6.01. The summed E-state index contributed by atoms with van der Waals surface area (Å²) in [6, 6.07) is 11.9. The van der Waals surface area contributed by atoms with Gasteiger partial charge in [-0.15, -0.1) is 0 Å². The van der Waals surface area contributed by atoms with E-state index in [9.17, 15) is 60.7 Å². The molecule has 45 heavy (non-hydrogen) atoms. The largest absolute Gasteiger partial charge is 0.304 e. The lowest BCUT2D eigenvalue weighted by Crippen LogP contribution is -2.34. The van der Waals surface area contributed by atoms with E-state index < -0.39 is 101 Å². The second kappa shape index (κ2) is 12.8. The van der Waals surface area contributed by atoms with E-state index in [4.69, 9.17) is 8.37 Å². The zero-order chi connectivity index (χ0) is 33.4. The van der Waals surface area contributed by atoms with Crippen LogP contribution in [0.15, 0.2) is 70.5 Å². The molecule has 1 N–H and O–H groups in total. The van der Waals surface area contributed by atoms with E-state index in [0.717, 1.165) is 24.3 Å². The number of nitrogens with one attached hydrogen (secondary N) is 1. The van der Waals surface area contributed by atoms with Crippen molar-refractivity contribution in [3.63, 3.8) is 0 Å². The summed E-state index contributed by atoms with van der Waals surface area (Å²) in [6.45, 7) is 0. The van der Waals surface area contributed by atoms with Crippen molar-refractivity contribution in [2.75, 3.05) is 0 Å². The fourth-order valence-electron chi connectivity index (χ4n) is 3.71. The third-order valence-corrected chi connectivity index (χ3v) is 8.40. The Kier molecular flexibility index (Phi) is 9.59. The van der Waals surface area contributed by atoms with Crippen molar-refractivity contribution in [2.24, 2.45) is 0 Å². The fraction of sp³-hybridized carbons (Fsp3) is 0.0769. The van der Waals surface area contributed by atoms with Crippen LogP contribution >= 0.6 is 0 Å². The number of benzene rings is 4. The first-order chi connectivity index (χ1) is 21.0. The van der Waals surface area contributed by atoms with Gasteiger partial charge in [0.15, 0.2) is 68.8 Å². The molecule has 4 rings (SSSR count). The summed E-state index contributed by atoms with van der Waals surface area (Å²) < 4.78 is 201. The van der Waals surface area contributed by atoms with E-state index in [1.54, 1.807) is 0 Å². The molecule has 4 aromatic rings. The maximum atomic E-state index is 14.4. The maximum absolute atomic E-state index is 14.4. The van der Waals surface area contributed by atoms with E-state index in [1.807, 2.05) is 0 Å². The maximum Gasteiger partial charge on any atom is 0.304 e. The van der Waals surface area contributed by atoms with Gasteiger partial charge < -0.3 is 0 Å². The highest BCUT2D eigenvalue weighted by Gasteiger charge is 2.39. The molecular formula is C26H13F10NO6S2. The zero-order valence-electron chi connectivity index (χ0n) is 21.5. The number of halogens is 10. The summed E-state index contributed by atoms with van der Waals surface area (Å²) in [6.07, 6.45) is -4.72. The summed E-state index contributed by atoms with van der Waals surface area (Å²) >= 11 is 0. The molecule has 0 radical (unpaired) electrons. The highest BCUT2D eigenvalue weighted by molar-refractivity contribution is 7.87. The predicted octanol–water partition coefficient (Wildman–Crippen LogP) is 6.18. The van der Waals surface area contributed by atoms with Gasteiger partial charge in [0, 0.05) is 0 Å². The van der Waals surface area contributed by atoms with Crippen LogP contribution in [0.1, 0.15) is 23.6 Å². The summed E-state index contributed by atoms with van der Waals surface area (Å²) in [5, 5.41) is 2.08. The third kappa shape index (κ3) is 6.52. The van der Waals surface area contributed by atoms with Gasteiger partial charge in [0.25, 0.3) is 0 Å². The van der Waals surface area contributed by atoms with Crippen molar-refractivity contribution in [3.8, 4) is 0 Å². The van der Waals surface area contributed by atoms with Crippen LogP contribution < -0.4 is 5.32 Å². The van der Waals surface area contributed by atoms with Crippen LogP contribution in [0, 0.1) is 58.2 Å².